The lowest BCUT2D eigenvalue weighted by Crippen LogP contribution is -2.30. The normalized spacial score (nSPS) is 10.5. The van der Waals surface area contributed by atoms with Crippen LogP contribution in [-0.2, 0) is 36.5 Å². The number of halogens is 3. The lowest BCUT2D eigenvalue weighted by molar-refractivity contribution is -0.141. The number of ether oxygens (including phenoxy) is 1. The Morgan fingerprint density at radius 1 is 0.863 bits per heavy atom. The SMILES string of the molecule is C.CC(=O)OC(Cl)(Cl)Cl.Cc1cnc(N)s1.Cc1cnc(NC(=O)NCCc2cn(C)c3ccccc23)s1.Cn1cc(CCN)c2ccccc21. The highest BCUT2D eigenvalue weighted by atomic mass is 35.6. The predicted molar refractivity (Wildman–Crippen MR) is 216 cm³/mol. The van der Waals surface area contributed by atoms with Gasteiger partial charge in [0.1, 0.15) is 0 Å². The van der Waals surface area contributed by atoms with Crippen LogP contribution in [0.2, 0.25) is 0 Å². The molecular weight excluding hydrogens is 751 g/mol. The van der Waals surface area contributed by atoms with Crippen molar-refractivity contribution in [3.8, 4) is 0 Å². The molecule has 276 valence electrons. The number of aryl methyl sites for hydroxylation is 4. The molecule has 0 saturated heterocycles. The lowest BCUT2D eigenvalue weighted by Gasteiger charge is -2.08. The highest BCUT2D eigenvalue weighted by molar-refractivity contribution is 7.15. The zero-order valence-electron chi connectivity index (χ0n) is 28.4. The van der Waals surface area contributed by atoms with E-state index in [0.717, 1.165) is 29.5 Å². The maximum Gasteiger partial charge on any atom is 0.340 e. The number of fused-ring (bicyclic) bond motifs is 2. The molecule has 0 bridgehead atoms. The maximum atomic E-state index is 11.8. The fraction of sp³-hybridized carbons (Fsp3) is 0.314. The number of amides is 2. The molecule has 0 aliphatic heterocycles. The second kappa shape index (κ2) is 20.9. The predicted octanol–water partition coefficient (Wildman–Crippen LogP) is 8.53. The van der Waals surface area contributed by atoms with Crippen molar-refractivity contribution in [1.29, 1.82) is 0 Å². The molecule has 0 atom stereocenters. The van der Waals surface area contributed by atoms with E-state index in [-0.39, 0.29) is 13.5 Å². The van der Waals surface area contributed by atoms with Gasteiger partial charge in [-0.3, -0.25) is 10.1 Å². The van der Waals surface area contributed by atoms with E-state index in [2.05, 4.69) is 90.3 Å². The number of nitrogen functional groups attached to an aromatic ring is 1. The van der Waals surface area contributed by atoms with E-state index in [0.29, 0.717) is 23.4 Å². The standard InChI is InChI=1S/C16H18N4OS.C11H14N2.C4H6N2S.C3H3Cl3O2.CH4/c1-11-9-18-16(22-11)19-15(21)17-8-7-12-10-20(2)14-6-4-3-5-13(12)14;1-13-8-9(6-7-12)10-4-2-3-5-11(10)13;1-3-2-6-4(5)7-3;1-2(7)8-3(4,5)6;/h3-6,9-10H,7-8H2,1-2H3,(H2,17,18,19,21);2-5,8H,6-7,12H2,1H3;2H,1H3,(H2,5,6);1H3;1H4. The maximum absolute atomic E-state index is 11.8. The minimum absolute atomic E-state index is 0. The molecule has 0 saturated carbocycles. The molecule has 0 aliphatic carbocycles. The highest BCUT2D eigenvalue weighted by Gasteiger charge is 2.22. The molecule has 6 rings (SSSR count). The first kappa shape index (κ1) is 43.3. The van der Waals surface area contributed by atoms with Crippen molar-refractivity contribution < 1.29 is 14.3 Å². The van der Waals surface area contributed by atoms with Gasteiger partial charge in [0, 0.05) is 83.9 Å². The van der Waals surface area contributed by atoms with Crippen LogP contribution in [0.25, 0.3) is 21.8 Å². The Labute approximate surface area is 321 Å². The van der Waals surface area contributed by atoms with Crippen molar-refractivity contribution >= 4 is 102 Å². The first-order chi connectivity index (χ1) is 23.7. The summed E-state index contributed by atoms with van der Waals surface area (Å²) in [5, 5.41) is 9.46. The monoisotopic (exact) mass is 794 g/mol. The molecule has 0 unspecified atom stereocenters. The zero-order chi connectivity index (χ0) is 36.8. The van der Waals surface area contributed by atoms with Crippen LogP contribution in [0, 0.1) is 13.8 Å². The van der Waals surface area contributed by atoms with Crippen molar-refractivity contribution in [3.05, 3.63) is 94.2 Å². The summed E-state index contributed by atoms with van der Waals surface area (Å²) in [6.45, 7) is 6.40. The third-order valence-electron chi connectivity index (χ3n) is 6.79. The van der Waals surface area contributed by atoms with Crippen molar-refractivity contribution in [1.82, 2.24) is 24.4 Å². The van der Waals surface area contributed by atoms with Gasteiger partial charge in [0.2, 0.25) is 0 Å². The Morgan fingerprint density at radius 2 is 1.37 bits per heavy atom. The summed E-state index contributed by atoms with van der Waals surface area (Å²) in [5.74, 6) is -0.620. The number of nitrogens with zero attached hydrogens (tertiary/aromatic N) is 4. The summed E-state index contributed by atoms with van der Waals surface area (Å²) in [7, 11) is 4.11. The van der Waals surface area contributed by atoms with Crippen LogP contribution in [0.4, 0.5) is 15.1 Å². The minimum atomic E-state index is -1.91. The summed E-state index contributed by atoms with van der Waals surface area (Å²) in [6, 6.07) is 16.5. The van der Waals surface area contributed by atoms with E-state index in [1.807, 2.05) is 33.0 Å². The molecule has 0 fully saturated rings. The van der Waals surface area contributed by atoms with Crippen LogP contribution in [0.1, 0.15) is 35.2 Å². The van der Waals surface area contributed by atoms with Gasteiger partial charge in [-0.2, -0.15) is 0 Å². The average Bonchev–Trinajstić information content (AvgIpc) is 3.80. The Morgan fingerprint density at radius 3 is 1.76 bits per heavy atom. The van der Waals surface area contributed by atoms with Gasteiger partial charge in [0.25, 0.3) is 0 Å². The number of hydrogen-bond acceptors (Lipinski definition) is 9. The molecule has 16 heteroatoms. The third kappa shape index (κ3) is 14.7. The number of esters is 1. The van der Waals surface area contributed by atoms with Gasteiger partial charge in [-0.25, -0.2) is 14.8 Å². The van der Waals surface area contributed by atoms with Crippen molar-refractivity contribution in [2.45, 2.75) is 45.0 Å². The largest absolute Gasteiger partial charge is 0.415 e. The highest BCUT2D eigenvalue weighted by Crippen LogP contribution is 2.27. The number of rotatable bonds is 6. The van der Waals surface area contributed by atoms with E-state index in [4.69, 9.17) is 46.3 Å². The molecule has 4 heterocycles. The fourth-order valence-corrected chi connectivity index (χ4v) is 6.33. The molecule has 51 heavy (non-hydrogen) atoms. The first-order valence-electron chi connectivity index (χ1n) is 15.3. The number of para-hydroxylation sites is 2. The third-order valence-corrected chi connectivity index (χ3v) is 8.59. The van der Waals surface area contributed by atoms with Crippen molar-refractivity contribution in [3.63, 3.8) is 0 Å². The Balaban J connectivity index is 0.000000263. The van der Waals surface area contributed by atoms with Crippen LogP contribution >= 0.6 is 57.5 Å². The topological polar surface area (TPSA) is 155 Å². The van der Waals surface area contributed by atoms with Crippen LogP contribution in [0.5, 0.6) is 0 Å². The Hall–Kier alpha value is -3.85. The fourth-order valence-electron chi connectivity index (χ4n) is 4.80. The van der Waals surface area contributed by atoms with Gasteiger partial charge in [0.05, 0.1) is 0 Å². The molecule has 0 radical (unpaired) electrons. The van der Waals surface area contributed by atoms with Gasteiger partial charge in [-0.1, -0.05) is 43.8 Å². The average molecular weight is 796 g/mol. The van der Waals surface area contributed by atoms with Crippen molar-refractivity contribution in [2.24, 2.45) is 19.8 Å². The smallest absolute Gasteiger partial charge is 0.340 e. The van der Waals surface area contributed by atoms with Gasteiger partial charge in [-0.05, 0) is 91.3 Å². The molecular formula is C35H45Cl3N8O3S2. The van der Waals surface area contributed by atoms with Gasteiger partial charge < -0.3 is 30.7 Å². The summed E-state index contributed by atoms with van der Waals surface area (Å²) in [5.41, 5.74) is 15.9. The molecule has 4 aromatic heterocycles. The quantitative estimate of drug-likeness (QED) is 0.0973. The summed E-state index contributed by atoms with van der Waals surface area (Å²) < 4.78 is 6.45. The second-order valence-corrected chi connectivity index (χ2v) is 15.5. The zero-order valence-corrected chi connectivity index (χ0v) is 32.3. The van der Waals surface area contributed by atoms with E-state index in [1.165, 1.54) is 55.6 Å². The van der Waals surface area contributed by atoms with Crippen molar-refractivity contribution in [2.75, 3.05) is 24.1 Å². The van der Waals surface area contributed by atoms with Gasteiger partial charge >= 0.3 is 16.0 Å². The number of urea groups is 1. The minimum Gasteiger partial charge on any atom is -0.415 e. The van der Waals surface area contributed by atoms with E-state index in [1.54, 1.807) is 12.4 Å². The second-order valence-electron chi connectivity index (χ2n) is 10.9. The molecule has 0 aliphatic rings. The molecule has 2 amide bonds. The molecule has 2 aromatic carbocycles. The number of carbonyl (C=O) groups is 2. The van der Waals surface area contributed by atoms with Crippen LogP contribution in [-0.4, -0.2) is 48.2 Å². The number of carbonyl (C=O) groups excluding carboxylic acids is 2. The van der Waals surface area contributed by atoms with Crippen LogP contribution in [0.3, 0.4) is 0 Å². The molecule has 0 spiro atoms. The molecule has 11 nitrogen and oxygen atoms in total. The van der Waals surface area contributed by atoms with E-state index in [9.17, 15) is 9.59 Å². The number of aromatic nitrogens is 4. The van der Waals surface area contributed by atoms with Gasteiger partial charge in [-0.15, -0.1) is 22.7 Å². The Kier molecular flexibility index (Phi) is 17.7. The van der Waals surface area contributed by atoms with Gasteiger partial charge in [0.15, 0.2) is 10.3 Å². The number of anilines is 2. The summed E-state index contributed by atoms with van der Waals surface area (Å²) in [4.78, 5) is 32.0. The molecule has 6 N–H and O–H groups in total. The van der Waals surface area contributed by atoms with Crippen LogP contribution < -0.4 is 22.1 Å². The van der Waals surface area contributed by atoms with E-state index < -0.39 is 9.95 Å². The lowest BCUT2D eigenvalue weighted by atomic mass is 10.1. The number of benzene rings is 2. The first-order valence-corrected chi connectivity index (χ1v) is 18.1. The number of hydrogen-bond donors (Lipinski definition) is 4. The number of thiazole rings is 2. The molecule has 6 aromatic rings. The summed E-state index contributed by atoms with van der Waals surface area (Å²) in [6.07, 6.45) is 9.55. The number of nitrogens with two attached hydrogens (primary N) is 2. The van der Waals surface area contributed by atoms with Crippen LogP contribution in [0.15, 0.2) is 73.3 Å². The Bertz CT molecular complexity index is 1970. The van der Waals surface area contributed by atoms with E-state index >= 15 is 0 Å². The number of nitrogens with one attached hydrogen (secondary N) is 2. The number of alkyl halides is 3. The summed E-state index contributed by atoms with van der Waals surface area (Å²) >= 11 is 18.0.